The molecular formula is C23H23NO8. The molecule has 1 saturated heterocycles. The van der Waals surface area contributed by atoms with Crippen LogP contribution >= 0.6 is 0 Å². The van der Waals surface area contributed by atoms with Crippen LogP contribution in [0.3, 0.4) is 0 Å². The summed E-state index contributed by atoms with van der Waals surface area (Å²) >= 11 is 0. The lowest BCUT2D eigenvalue weighted by Crippen LogP contribution is -2.42. The van der Waals surface area contributed by atoms with E-state index in [-0.39, 0.29) is 17.3 Å². The fraction of sp³-hybridized carbons (Fsp3) is 0.304. The van der Waals surface area contributed by atoms with Crippen molar-refractivity contribution in [3.05, 3.63) is 47.2 Å². The highest BCUT2D eigenvalue weighted by Crippen LogP contribution is 2.42. The molecule has 2 aromatic rings. The van der Waals surface area contributed by atoms with Gasteiger partial charge in [-0.3, -0.25) is 4.79 Å². The summed E-state index contributed by atoms with van der Waals surface area (Å²) in [5.74, 6) is 1.74. The number of allylic oxidation sites excluding steroid dienone is 1. The first-order valence-electron chi connectivity index (χ1n) is 9.97. The predicted molar refractivity (Wildman–Crippen MR) is 114 cm³/mol. The smallest absolute Gasteiger partial charge is 0.415 e. The zero-order valence-electron chi connectivity index (χ0n) is 18.0. The quantitative estimate of drug-likeness (QED) is 0.654. The van der Waals surface area contributed by atoms with Gasteiger partial charge < -0.3 is 33.3 Å². The van der Waals surface area contributed by atoms with Gasteiger partial charge in [-0.25, -0.2) is 4.79 Å². The summed E-state index contributed by atoms with van der Waals surface area (Å²) in [6.07, 6.45) is 1.10. The third kappa shape index (κ3) is 4.06. The van der Waals surface area contributed by atoms with Crippen molar-refractivity contribution in [2.75, 3.05) is 47.6 Å². The molecule has 0 unspecified atom stereocenters. The van der Waals surface area contributed by atoms with E-state index in [1.54, 1.807) is 35.2 Å². The second-order valence-corrected chi connectivity index (χ2v) is 6.99. The Hall–Kier alpha value is -3.72. The minimum Gasteiger partial charge on any atom is -0.493 e. The zero-order valence-corrected chi connectivity index (χ0v) is 18.0. The standard InChI is InChI=1S/C23H23NO8/c1-27-17-7-4-14(21(28-2)22(17)29-3)12-19-20(25)16-6-5-15(13-18(16)32-19)31-23(26)24-8-10-30-11-9-24/h4-7,12-13H,8-11H2,1-3H3. The minimum absolute atomic E-state index is 0.113. The third-order valence-electron chi connectivity index (χ3n) is 5.14. The van der Waals surface area contributed by atoms with Crippen LogP contribution in [0.1, 0.15) is 15.9 Å². The number of ketones is 1. The monoisotopic (exact) mass is 441 g/mol. The number of hydrogen-bond acceptors (Lipinski definition) is 8. The number of morpholine rings is 1. The van der Waals surface area contributed by atoms with Crippen LogP contribution in [0.25, 0.3) is 6.08 Å². The van der Waals surface area contributed by atoms with Gasteiger partial charge in [0.05, 0.1) is 40.1 Å². The molecule has 1 fully saturated rings. The first-order chi connectivity index (χ1) is 15.5. The SMILES string of the molecule is COc1ccc(C=C2Oc3cc(OC(=O)N4CCOCC4)ccc3C2=O)c(OC)c1OC. The fourth-order valence-electron chi connectivity index (χ4n) is 3.52. The van der Waals surface area contributed by atoms with Gasteiger partial charge in [-0.2, -0.15) is 0 Å². The van der Waals surface area contributed by atoms with Crippen molar-refractivity contribution >= 4 is 18.0 Å². The Morgan fingerprint density at radius 2 is 1.75 bits per heavy atom. The highest BCUT2D eigenvalue weighted by molar-refractivity contribution is 6.14. The highest BCUT2D eigenvalue weighted by atomic mass is 16.6. The van der Waals surface area contributed by atoms with E-state index in [1.807, 2.05) is 0 Å². The Balaban J connectivity index is 1.57. The molecule has 2 aliphatic rings. The van der Waals surface area contributed by atoms with Gasteiger partial charge in [0.15, 0.2) is 17.3 Å². The average molecular weight is 441 g/mol. The van der Waals surface area contributed by atoms with Crippen LogP contribution in [0.4, 0.5) is 4.79 Å². The number of benzene rings is 2. The number of carbonyl (C=O) groups excluding carboxylic acids is 2. The van der Waals surface area contributed by atoms with E-state index in [0.29, 0.717) is 60.4 Å². The maximum Gasteiger partial charge on any atom is 0.415 e. The maximum atomic E-state index is 12.8. The number of carbonyl (C=O) groups is 2. The summed E-state index contributed by atoms with van der Waals surface area (Å²) in [6, 6.07) is 8.12. The van der Waals surface area contributed by atoms with Crippen LogP contribution in [-0.4, -0.2) is 64.4 Å². The highest BCUT2D eigenvalue weighted by Gasteiger charge is 2.29. The molecule has 32 heavy (non-hydrogen) atoms. The van der Waals surface area contributed by atoms with E-state index < -0.39 is 6.09 Å². The van der Waals surface area contributed by atoms with E-state index in [2.05, 4.69) is 0 Å². The molecule has 0 N–H and O–H groups in total. The number of methoxy groups -OCH3 is 3. The largest absolute Gasteiger partial charge is 0.493 e. The topological polar surface area (TPSA) is 92.8 Å². The van der Waals surface area contributed by atoms with Crippen LogP contribution in [0.5, 0.6) is 28.7 Å². The van der Waals surface area contributed by atoms with Crippen LogP contribution in [-0.2, 0) is 4.74 Å². The average Bonchev–Trinajstić information content (AvgIpc) is 3.13. The lowest BCUT2D eigenvalue weighted by atomic mass is 10.1. The molecular weight excluding hydrogens is 418 g/mol. The predicted octanol–water partition coefficient (Wildman–Crippen LogP) is 3.16. The lowest BCUT2D eigenvalue weighted by molar-refractivity contribution is 0.0416. The van der Waals surface area contributed by atoms with Gasteiger partial charge in [0, 0.05) is 24.7 Å². The first-order valence-corrected chi connectivity index (χ1v) is 9.97. The zero-order chi connectivity index (χ0) is 22.7. The molecule has 9 heteroatoms. The summed E-state index contributed by atoms with van der Waals surface area (Å²) in [4.78, 5) is 26.7. The van der Waals surface area contributed by atoms with Gasteiger partial charge in [-0.15, -0.1) is 0 Å². The van der Waals surface area contributed by atoms with Crippen molar-refractivity contribution < 1.29 is 38.0 Å². The Morgan fingerprint density at radius 3 is 2.44 bits per heavy atom. The van der Waals surface area contributed by atoms with Crippen LogP contribution in [0.2, 0.25) is 0 Å². The molecule has 168 valence electrons. The first kappa shape index (κ1) is 21.5. The van der Waals surface area contributed by atoms with Crippen LogP contribution in [0.15, 0.2) is 36.1 Å². The van der Waals surface area contributed by atoms with Crippen molar-refractivity contribution in [2.24, 2.45) is 0 Å². The molecule has 2 heterocycles. The van der Waals surface area contributed by atoms with E-state index in [4.69, 9.17) is 28.4 Å². The second kappa shape index (κ2) is 9.19. The van der Waals surface area contributed by atoms with Crippen LogP contribution < -0.4 is 23.7 Å². The molecule has 0 radical (unpaired) electrons. The lowest BCUT2D eigenvalue weighted by Gasteiger charge is -2.25. The van der Waals surface area contributed by atoms with Crippen molar-refractivity contribution in [3.63, 3.8) is 0 Å². The van der Waals surface area contributed by atoms with Gasteiger partial charge in [-0.1, -0.05) is 0 Å². The Bertz CT molecular complexity index is 1070. The van der Waals surface area contributed by atoms with E-state index in [1.165, 1.54) is 27.4 Å². The van der Waals surface area contributed by atoms with Gasteiger partial charge in [0.25, 0.3) is 0 Å². The summed E-state index contributed by atoms with van der Waals surface area (Å²) < 4.78 is 32.6. The molecule has 0 atom stereocenters. The molecule has 2 aliphatic heterocycles. The molecule has 9 nitrogen and oxygen atoms in total. The summed E-state index contributed by atoms with van der Waals surface area (Å²) in [6.45, 7) is 1.90. The van der Waals surface area contributed by atoms with Gasteiger partial charge in [0.1, 0.15) is 11.5 Å². The van der Waals surface area contributed by atoms with Gasteiger partial charge in [-0.05, 0) is 30.3 Å². The summed E-state index contributed by atoms with van der Waals surface area (Å²) in [5.41, 5.74) is 0.960. The van der Waals surface area contributed by atoms with Gasteiger partial charge >= 0.3 is 6.09 Å². The second-order valence-electron chi connectivity index (χ2n) is 6.99. The number of rotatable bonds is 5. The molecule has 0 spiro atoms. The molecule has 1 amide bonds. The number of nitrogens with zero attached hydrogens (tertiary/aromatic N) is 1. The molecule has 0 aromatic heterocycles. The fourth-order valence-corrected chi connectivity index (χ4v) is 3.52. The van der Waals surface area contributed by atoms with E-state index in [9.17, 15) is 9.59 Å². The number of ether oxygens (including phenoxy) is 6. The molecule has 0 bridgehead atoms. The Labute approximate surface area is 185 Å². The van der Waals surface area contributed by atoms with Crippen molar-refractivity contribution in [1.82, 2.24) is 4.90 Å². The van der Waals surface area contributed by atoms with E-state index in [0.717, 1.165) is 0 Å². The number of Topliss-reactive ketones (excluding diaryl/α,β-unsaturated/α-hetero) is 1. The normalized spacial score (nSPS) is 16.4. The molecule has 0 saturated carbocycles. The van der Waals surface area contributed by atoms with Crippen molar-refractivity contribution in [2.45, 2.75) is 0 Å². The minimum atomic E-state index is -0.469. The Morgan fingerprint density at radius 1 is 1.00 bits per heavy atom. The summed E-state index contributed by atoms with van der Waals surface area (Å²) in [5, 5.41) is 0. The number of hydrogen-bond donors (Lipinski definition) is 0. The molecule has 0 aliphatic carbocycles. The van der Waals surface area contributed by atoms with Gasteiger partial charge in [0.2, 0.25) is 11.5 Å². The van der Waals surface area contributed by atoms with E-state index >= 15 is 0 Å². The third-order valence-corrected chi connectivity index (χ3v) is 5.14. The number of fused-ring (bicyclic) bond motifs is 1. The van der Waals surface area contributed by atoms with Crippen molar-refractivity contribution in [1.29, 1.82) is 0 Å². The number of amides is 1. The Kier molecular flexibility index (Phi) is 6.18. The maximum absolute atomic E-state index is 12.8. The summed E-state index contributed by atoms with van der Waals surface area (Å²) in [7, 11) is 4.53. The molecule has 2 aromatic carbocycles. The molecule has 4 rings (SSSR count). The van der Waals surface area contributed by atoms with Crippen LogP contribution in [0, 0.1) is 0 Å². The van der Waals surface area contributed by atoms with Crippen molar-refractivity contribution in [3.8, 4) is 28.7 Å².